The van der Waals surface area contributed by atoms with Gasteiger partial charge in [0, 0.05) is 28.6 Å². The Balaban J connectivity index is 1.82. The lowest BCUT2D eigenvalue weighted by Crippen LogP contribution is -2.27. The van der Waals surface area contributed by atoms with Crippen molar-refractivity contribution in [3.63, 3.8) is 0 Å². The third-order valence-corrected chi connectivity index (χ3v) is 6.74. The topological polar surface area (TPSA) is 58.2 Å². The number of anilines is 2. The molecule has 0 saturated carbocycles. The van der Waals surface area contributed by atoms with Crippen molar-refractivity contribution in [2.75, 3.05) is 10.6 Å². The Bertz CT molecular complexity index is 892. The van der Waals surface area contributed by atoms with Gasteiger partial charge >= 0.3 is 0 Å². The zero-order valence-electron chi connectivity index (χ0n) is 17.4. The molecular formula is C23H30N2O2S. The molecule has 5 heteroatoms. The first-order valence-electron chi connectivity index (χ1n) is 10.00. The number of benzene rings is 1. The van der Waals surface area contributed by atoms with Gasteiger partial charge in [0.2, 0.25) is 5.91 Å². The van der Waals surface area contributed by atoms with Gasteiger partial charge in [-0.1, -0.05) is 33.8 Å². The molecule has 1 unspecified atom stereocenters. The summed E-state index contributed by atoms with van der Waals surface area (Å²) in [5.74, 6) is 0.485. The Morgan fingerprint density at radius 3 is 2.61 bits per heavy atom. The summed E-state index contributed by atoms with van der Waals surface area (Å²) in [5, 5.41) is 7.88. The van der Waals surface area contributed by atoms with Gasteiger partial charge in [-0.15, -0.1) is 11.3 Å². The van der Waals surface area contributed by atoms with Crippen LogP contribution < -0.4 is 10.6 Å². The minimum Gasteiger partial charge on any atom is -0.326 e. The maximum atomic E-state index is 13.0. The molecule has 150 valence electrons. The summed E-state index contributed by atoms with van der Waals surface area (Å²) in [5.41, 5.74) is 4.84. The average molecular weight is 399 g/mol. The molecule has 0 radical (unpaired) electrons. The van der Waals surface area contributed by atoms with E-state index in [4.69, 9.17) is 0 Å². The molecule has 1 aromatic carbocycles. The van der Waals surface area contributed by atoms with E-state index < -0.39 is 0 Å². The maximum absolute atomic E-state index is 13.0. The van der Waals surface area contributed by atoms with E-state index in [1.807, 2.05) is 23.6 Å². The second kappa shape index (κ2) is 8.08. The SMILES string of the molecule is CCc1ccc(NC(C)=O)cc1NC(=O)c1csc2c1CCC(C(C)(C)C)C2. The fourth-order valence-corrected chi connectivity index (χ4v) is 5.07. The van der Waals surface area contributed by atoms with Crippen LogP contribution in [0.1, 0.15) is 67.4 Å². The third-order valence-electron chi connectivity index (χ3n) is 5.68. The zero-order valence-corrected chi connectivity index (χ0v) is 18.3. The predicted octanol–water partition coefficient (Wildman–Crippen LogP) is 5.67. The third kappa shape index (κ3) is 4.46. The molecule has 1 atom stereocenters. The largest absolute Gasteiger partial charge is 0.326 e. The molecular weight excluding hydrogens is 368 g/mol. The van der Waals surface area contributed by atoms with Crippen LogP contribution in [0.5, 0.6) is 0 Å². The maximum Gasteiger partial charge on any atom is 0.256 e. The van der Waals surface area contributed by atoms with Crippen LogP contribution in [-0.4, -0.2) is 11.8 Å². The molecule has 28 heavy (non-hydrogen) atoms. The first-order chi connectivity index (χ1) is 13.2. The highest BCUT2D eigenvalue weighted by atomic mass is 32.1. The summed E-state index contributed by atoms with van der Waals surface area (Å²) in [6.07, 6.45) is 3.97. The van der Waals surface area contributed by atoms with Crippen LogP contribution in [0, 0.1) is 11.3 Å². The van der Waals surface area contributed by atoms with E-state index in [9.17, 15) is 9.59 Å². The molecule has 4 nitrogen and oxygen atoms in total. The van der Waals surface area contributed by atoms with Gasteiger partial charge < -0.3 is 10.6 Å². The van der Waals surface area contributed by atoms with Crippen molar-refractivity contribution < 1.29 is 9.59 Å². The van der Waals surface area contributed by atoms with Crippen LogP contribution in [0.2, 0.25) is 0 Å². The predicted molar refractivity (Wildman–Crippen MR) is 117 cm³/mol. The van der Waals surface area contributed by atoms with Gasteiger partial charge in [-0.3, -0.25) is 9.59 Å². The molecule has 0 bridgehead atoms. The molecule has 2 N–H and O–H groups in total. The van der Waals surface area contributed by atoms with E-state index in [0.717, 1.165) is 42.5 Å². The van der Waals surface area contributed by atoms with Gasteiger partial charge in [-0.05, 0) is 60.3 Å². The van der Waals surface area contributed by atoms with Crippen LogP contribution in [-0.2, 0) is 24.1 Å². The van der Waals surface area contributed by atoms with Crippen LogP contribution in [0.25, 0.3) is 0 Å². The highest BCUT2D eigenvalue weighted by Crippen LogP contribution is 2.40. The van der Waals surface area contributed by atoms with Crippen molar-refractivity contribution in [1.29, 1.82) is 0 Å². The van der Waals surface area contributed by atoms with Crippen molar-refractivity contribution in [1.82, 2.24) is 0 Å². The van der Waals surface area contributed by atoms with Gasteiger partial charge in [-0.2, -0.15) is 0 Å². The second-order valence-electron chi connectivity index (χ2n) is 8.72. The Kier molecular flexibility index (Phi) is 5.94. The van der Waals surface area contributed by atoms with E-state index in [1.54, 1.807) is 11.3 Å². The molecule has 2 aromatic rings. The van der Waals surface area contributed by atoms with Gasteiger partial charge in [-0.25, -0.2) is 0 Å². The number of carbonyl (C=O) groups excluding carboxylic acids is 2. The molecule has 0 fully saturated rings. The van der Waals surface area contributed by atoms with Crippen LogP contribution in [0.3, 0.4) is 0 Å². The summed E-state index contributed by atoms with van der Waals surface area (Å²) < 4.78 is 0. The summed E-state index contributed by atoms with van der Waals surface area (Å²) in [4.78, 5) is 25.7. The highest BCUT2D eigenvalue weighted by Gasteiger charge is 2.31. The summed E-state index contributed by atoms with van der Waals surface area (Å²) in [6.45, 7) is 10.4. The van der Waals surface area contributed by atoms with Crippen molar-refractivity contribution in [3.05, 3.63) is 45.1 Å². The quantitative estimate of drug-likeness (QED) is 0.697. The lowest BCUT2D eigenvalue weighted by Gasteiger charge is -2.34. The number of aryl methyl sites for hydroxylation is 1. The van der Waals surface area contributed by atoms with E-state index >= 15 is 0 Å². The number of rotatable bonds is 4. The molecule has 1 heterocycles. The minimum absolute atomic E-state index is 0.0543. The Labute approximate surface area is 171 Å². The lowest BCUT2D eigenvalue weighted by atomic mass is 9.72. The van der Waals surface area contributed by atoms with Crippen molar-refractivity contribution in [2.24, 2.45) is 11.3 Å². The zero-order chi connectivity index (χ0) is 20.5. The van der Waals surface area contributed by atoms with E-state index in [1.165, 1.54) is 17.4 Å². The summed E-state index contributed by atoms with van der Waals surface area (Å²) in [6, 6.07) is 5.67. The van der Waals surface area contributed by atoms with Crippen LogP contribution in [0.4, 0.5) is 11.4 Å². The molecule has 0 spiro atoms. The van der Waals surface area contributed by atoms with Gasteiger partial charge in [0.05, 0.1) is 5.56 Å². The average Bonchev–Trinajstić information content (AvgIpc) is 3.04. The number of hydrogen-bond acceptors (Lipinski definition) is 3. The monoisotopic (exact) mass is 398 g/mol. The van der Waals surface area contributed by atoms with E-state index in [-0.39, 0.29) is 11.8 Å². The van der Waals surface area contributed by atoms with E-state index in [2.05, 4.69) is 38.3 Å². The number of fused-ring (bicyclic) bond motifs is 1. The molecule has 3 rings (SSSR count). The first-order valence-corrected chi connectivity index (χ1v) is 10.9. The highest BCUT2D eigenvalue weighted by molar-refractivity contribution is 7.10. The number of hydrogen-bond donors (Lipinski definition) is 2. The molecule has 1 aliphatic rings. The fraction of sp³-hybridized carbons (Fsp3) is 0.478. The van der Waals surface area contributed by atoms with Crippen molar-refractivity contribution in [2.45, 2.75) is 60.3 Å². The molecule has 0 aliphatic heterocycles. The second-order valence-corrected chi connectivity index (χ2v) is 9.68. The molecule has 1 aliphatic carbocycles. The normalized spacial score (nSPS) is 16.4. The van der Waals surface area contributed by atoms with Crippen LogP contribution in [0.15, 0.2) is 23.6 Å². The Hall–Kier alpha value is -2.14. The van der Waals surface area contributed by atoms with Crippen molar-refractivity contribution in [3.8, 4) is 0 Å². The number of amides is 2. The fourth-order valence-electron chi connectivity index (χ4n) is 3.91. The smallest absolute Gasteiger partial charge is 0.256 e. The number of thiophene rings is 1. The standard InChI is InChI=1S/C23H30N2O2S/c1-6-15-7-9-17(24-14(2)26)12-20(15)25-22(27)19-13-28-21-11-16(23(3,4)5)8-10-18(19)21/h7,9,12-13,16H,6,8,10-11H2,1-5H3,(H,24,26)(H,25,27). The minimum atomic E-state index is -0.123. The molecule has 2 amide bonds. The summed E-state index contributed by atoms with van der Waals surface area (Å²) >= 11 is 1.71. The van der Waals surface area contributed by atoms with Gasteiger partial charge in [0.25, 0.3) is 5.91 Å². The first kappa shape index (κ1) is 20.6. The molecule has 0 saturated heterocycles. The van der Waals surface area contributed by atoms with E-state index in [0.29, 0.717) is 17.0 Å². The Morgan fingerprint density at radius 1 is 1.21 bits per heavy atom. The lowest BCUT2D eigenvalue weighted by molar-refractivity contribution is -0.114. The van der Waals surface area contributed by atoms with Crippen molar-refractivity contribution >= 4 is 34.5 Å². The van der Waals surface area contributed by atoms with Gasteiger partial charge in [0.1, 0.15) is 0 Å². The Morgan fingerprint density at radius 2 is 1.96 bits per heavy atom. The van der Waals surface area contributed by atoms with Gasteiger partial charge in [0.15, 0.2) is 0 Å². The number of nitrogens with one attached hydrogen (secondary N) is 2. The van der Waals surface area contributed by atoms with Crippen LogP contribution >= 0.6 is 11.3 Å². The number of carbonyl (C=O) groups is 2. The molecule has 1 aromatic heterocycles. The summed E-state index contributed by atoms with van der Waals surface area (Å²) in [7, 11) is 0.